The van der Waals surface area contributed by atoms with Crippen LogP contribution in [0.4, 0.5) is 0 Å². The number of hydrogen-bond acceptors (Lipinski definition) is 4. The molecule has 144 valence electrons. The Bertz CT molecular complexity index is 1250. The number of rotatable bonds is 1. The van der Waals surface area contributed by atoms with Gasteiger partial charge in [0, 0.05) is 17.7 Å². The van der Waals surface area contributed by atoms with E-state index in [0.717, 1.165) is 16.7 Å². The largest absolute Gasteiger partial charge is 0.318 e. The predicted octanol–water partition coefficient (Wildman–Crippen LogP) is 5.18. The first-order chi connectivity index (χ1) is 14.7. The molecule has 3 aromatic rings. The van der Waals surface area contributed by atoms with Crippen LogP contribution in [-0.4, -0.2) is 16.6 Å². The number of amides is 1. The molecule has 0 spiro atoms. The molecule has 1 amide bonds. The highest BCUT2D eigenvalue weighted by Crippen LogP contribution is 2.48. The van der Waals surface area contributed by atoms with Gasteiger partial charge in [-0.1, -0.05) is 66.4 Å². The highest BCUT2D eigenvalue weighted by Gasteiger charge is 2.40. The third kappa shape index (κ3) is 3.02. The number of carbonyl (C=O) groups is 2. The van der Waals surface area contributed by atoms with Crippen LogP contribution in [0.2, 0.25) is 0 Å². The van der Waals surface area contributed by atoms with Crippen molar-refractivity contribution < 1.29 is 9.59 Å². The molecule has 0 radical (unpaired) electrons. The molecule has 3 aromatic carbocycles. The molecule has 0 N–H and O–H groups in total. The first-order valence-electron chi connectivity index (χ1n) is 9.57. The number of carbonyl (C=O) groups excluding carboxylic acids is 2. The van der Waals surface area contributed by atoms with Crippen molar-refractivity contribution in [1.82, 2.24) is 4.90 Å². The van der Waals surface area contributed by atoms with E-state index >= 15 is 0 Å². The summed E-state index contributed by atoms with van der Waals surface area (Å²) in [6, 6.07) is 24.3. The molecular weight excluding hydrogens is 392 g/mol. The lowest BCUT2D eigenvalue weighted by Crippen LogP contribution is -2.29. The normalized spacial score (nSPS) is 18.8. The van der Waals surface area contributed by atoms with Gasteiger partial charge >= 0.3 is 0 Å². The van der Waals surface area contributed by atoms with E-state index in [1.165, 1.54) is 11.8 Å². The molecule has 2 heterocycles. The van der Waals surface area contributed by atoms with Gasteiger partial charge in [0.15, 0.2) is 5.78 Å². The number of fused-ring (bicyclic) bond motifs is 4. The van der Waals surface area contributed by atoms with Crippen molar-refractivity contribution in [3.63, 3.8) is 0 Å². The molecule has 0 unspecified atom stereocenters. The lowest BCUT2D eigenvalue weighted by atomic mass is 10.0. The Morgan fingerprint density at radius 2 is 1.63 bits per heavy atom. The fourth-order valence-electron chi connectivity index (χ4n) is 3.89. The maximum Gasteiger partial charge on any atom is 0.255 e. The van der Waals surface area contributed by atoms with Crippen LogP contribution in [0.15, 0.2) is 77.7 Å². The Morgan fingerprint density at radius 1 is 0.933 bits per heavy atom. The van der Waals surface area contributed by atoms with Gasteiger partial charge in [-0.2, -0.15) is 5.26 Å². The van der Waals surface area contributed by atoms with Gasteiger partial charge in [-0.05, 0) is 41.0 Å². The van der Waals surface area contributed by atoms with Crippen LogP contribution in [0.5, 0.6) is 0 Å². The Balaban J connectivity index is 1.66. The Morgan fingerprint density at radius 3 is 2.40 bits per heavy atom. The van der Waals surface area contributed by atoms with Crippen LogP contribution in [0.3, 0.4) is 0 Å². The summed E-state index contributed by atoms with van der Waals surface area (Å²) in [6.45, 7) is 0.400. The van der Waals surface area contributed by atoms with Crippen LogP contribution in [-0.2, 0) is 6.54 Å². The smallest absolute Gasteiger partial charge is 0.255 e. The lowest BCUT2D eigenvalue weighted by molar-refractivity contribution is 0.0758. The second kappa shape index (κ2) is 7.33. The zero-order chi connectivity index (χ0) is 20.7. The van der Waals surface area contributed by atoms with Gasteiger partial charge in [-0.25, -0.2) is 0 Å². The number of ketones is 1. The third-order valence-corrected chi connectivity index (χ3v) is 6.69. The van der Waals surface area contributed by atoms with E-state index in [4.69, 9.17) is 5.26 Å². The van der Waals surface area contributed by atoms with Gasteiger partial charge in [0.2, 0.25) is 0 Å². The van der Waals surface area contributed by atoms with Gasteiger partial charge in [0.1, 0.15) is 5.37 Å². The minimum atomic E-state index is -0.254. The Kier molecular flexibility index (Phi) is 4.50. The second-order valence-corrected chi connectivity index (χ2v) is 8.34. The van der Waals surface area contributed by atoms with Crippen molar-refractivity contribution in [3.8, 4) is 6.07 Å². The Labute approximate surface area is 178 Å². The number of hydrogen-bond donors (Lipinski definition) is 0. The summed E-state index contributed by atoms with van der Waals surface area (Å²) in [5.41, 5.74) is 4.50. The van der Waals surface area contributed by atoms with Gasteiger partial charge in [-0.15, -0.1) is 0 Å². The van der Waals surface area contributed by atoms with Crippen LogP contribution in [0.1, 0.15) is 48.3 Å². The van der Waals surface area contributed by atoms with Crippen molar-refractivity contribution in [2.24, 2.45) is 0 Å². The van der Waals surface area contributed by atoms with Gasteiger partial charge < -0.3 is 4.90 Å². The van der Waals surface area contributed by atoms with Crippen LogP contribution >= 0.6 is 11.8 Å². The van der Waals surface area contributed by atoms with Gasteiger partial charge in [-0.3, -0.25) is 9.59 Å². The minimum Gasteiger partial charge on any atom is -0.318 e. The quantitative estimate of drug-likeness (QED) is 0.520. The van der Waals surface area contributed by atoms with Crippen molar-refractivity contribution in [2.75, 3.05) is 0 Å². The van der Waals surface area contributed by atoms with E-state index in [1.54, 1.807) is 12.1 Å². The van der Waals surface area contributed by atoms with Crippen molar-refractivity contribution in [1.29, 1.82) is 5.26 Å². The summed E-state index contributed by atoms with van der Waals surface area (Å²) in [5, 5.41) is 8.78. The van der Waals surface area contributed by atoms with Crippen molar-refractivity contribution in [3.05, 3.63) is 111 Å². The number of nitrogens with zero attached hydrogens (tertiary/aromatic N) is 2. The zero-order valence-electron chi connectivity index (χ0n) is 15.9. The summed E-state index contributed by atoms with van der Waals surface area (Å²) in [4.78, 5) is 29.0. The average Bonchev–Trinajstić information content (AvgIpc) is 3.04. The molecule has 2 aliphatic heterocycles. The second-order valence-electron chi connectivity index (χ2n) is 7.22. The van der Waals surface area contributed by atoms with E-state index in [0.29, 0.717) is 28.1 Å². The van der Waals surface area contributed by atoms with E-state index in [-0.39, 0.29) is 17.1 Å². The van der Waals surface area contributed by atoms with E-state index in [2.05, 4.69) is 6.07 Å². The number of Topliss-reactive ketones (excluding diaryl/α,β-unsaturated/α-hetero) is 1. The third-order valence-electron chi connectivity index (χ3n) is 5.40. The first-order valence-corrected chi connectivity index (χ1v) is 10.4. The summed E-state index contributed by atoms with van der Waals surface area (Å²) >= 11 is 1.41. The summed E-state index contributed by atoms with van der Waals surface area (Å²) in [5.74, 6) is -0.0542. The average molecular weight is 408 g/mol. The van der Waals surface area contributed by atoms with Crippen molar-refractivity contribution >= 4 is 29.5 Å². The Hall–Kier alpha value is -3.62. The molecule has 0 bridgehead atoms. The monoisotopic (exact) mass is 408 g/mol. The predicted molar refractivity (Wildman–Crippen MR) is 117 cm³/mol. The standard InChI is InChI=1S/C25H16N2O2S/c26-14-17-11-9-16(10-12-17)13-22-23(28)19-6-2-1-5-18(19)15-27-24(29)20-7-3-4-8-21(20)25(27)30-22/h1-13,25H,15H2/b22-13-/t25-/m1/s1. The van der Waals surface area contributed by atoms with Gasteiger partial charge in [0.25, 0.3) is 5.91 Å². The fourth-order valence-corrected chi connectivity index (χ4v) is 5.18. The van der Waals surface area contributed by atoms with Gasteiger partial charge in [0.05, 0.1) is 16.5 Å². The molecule has 5 rings (SSSR count). The van der Waals surface area contributed by atoms with E-state index in [9.17, 15) is 9.59 Å². The molecule has 0 aliphatic carbocycles. The van der Waals surface area contributed by atoms with Crippen LogP contribution < -0.4 is 0 Å². The van der Waals surface area contributed by atoms with Crippen LogP contribution in [0, 0.1) is 11.3 Å². The van der Waals surface area contributed by atoms with Crippen LogP contribution in [0.25, 0.3) is 6.08 Å². The SMILES string of the molecule is N#Cc1ccc(/C=C2\S[C@@H]3c4ccccc4C(=O)N3Cc3ccccc3C2=O)cc1. The highest BCUT2D eigenvalue weighted by atomic mass is 32.2. The minimum absolute atomic E-state index is 0.00928. The molecule has 30 heavy (non-hydrogen) atoms. The maximum absolute atomic E-state index is 13.5. The topological polar surface area (TPSA) is 61.2 Å². The number of thioether (sulfide) groups is 1. The fraction of sp³-hybridized carbons (Fsp3) is 0.0800. The molecule has 1 atom stereocenters. The highest BCUT2D eigenvalue weighted by molar-refractivity contribution is 8.04. The summed E-state index contributed by atoms with van der Waals surface area (Å²) in [7, 11) is 0. The lowest BCUT2D eigenvalue weighted by Gasteiger charge is -2.29. The molecule has 0 saturated carbocycles. The molecule has 5 heteroatoms. The molecule has 0 fully saturated rings. The molecular formula is C25H16N2O2S. The zero-order valence-corrected chi connectivity index (χ0v) is 16.7. The summed E-state index contributed by atoms with van der Waals surface area (Å²) in [6.07, 6.45) is 1.85. The van der Waals surface area contributed by atoms with Crippen molar-refractivity contribution in [2.45, 2.75) is 11.9 Å². The molecule has 4 nitrogen and oxygen atoms in total. The molecule has 2 aliphatic rings. The van der Waals surface area contributed by atoms with E-state index in [1.807, 2.05) is 71.6 Å². The summed E-state index contributed by atoms with van der Waals surface area (Å²) < 4.78 is 0. The first kappa shape index (κ1) is 18.4. The number of benzene rings is 3. The molecule has 0 aromatic heterocycles. The molecule has 0 saturated heterocycles. The van der Waals surface area contributed by atoms with E-state index < -0.39 is 0 Å². The maximum atomic E-state index is 13.5. The number of nitriles is 1. The number of allylic oxidation sites excluding steroid dienone is 1.